The summed E-state index contributed by atoms with van der Waals surface area (Å²) in [4.78, 5) is 71.7. The molecule has 0 radical (unpaired) electrons. The van der Waals surface area contributed by atoms with E-state index in [1.807, 2.05) is 59.0 Å². The Morgan fingerprint density at radius 3 is 1.20 bits per heavy atom. The van der Waals surface area contributed by atoms with Gasteiger partial charge in [0.1, 0.15) is 58.7 Å². The van der Waals surface area contributed by atoms with Crippen molar-refractivity contribution in [2.24, 2.45) is 0 Å². The number of nitriles is 2. The van der Waals surface area contributed by atoms with Gasteiger partial charge in [-0.25, -0.2) is 74.4 Å². The molecule has 2 N–H and O–H groups in total. The van der Waals surface area contributed by atoms with E-state index < -0.39 is 71.1 Å². The first-order chi connectivity index (χ1) is 64.7. The number of anilines is 2. The van der Waals surface area contributed by atoms with Crippen LogP contribution in [0.3, 0.4) is 0 Å². The number of nitrogens with one attached hydrogen (secondary N) is 1. The number of carbonyl (C=O) groups excluding carboxylic acids is 4. The Labute approximate surface area is 842 Å². The number of halogens is 10. The van der Waals surface area contributed by atoms with Crippen LogP contribution in [0.4, 0.5) is 38.0 Å². The Balaban J connectivity index is 0.000000178. The van der Waals surface area contributed by atoms with Gasteiger partial charge in [-0.2, -0.15) is 23.2 Å². The molecule has 18 rings (SSSR count). The number of rotatable bonds is 25. The summed E-state index contributed by atoms with van der Waals surface area (Å²) in [7, 11) is -7.21. The summed E-state index contributed by atoms with van der Waals surface area (Å²) < 4.78 is 171. The average molecular weight is 2320 g/mol. The number of likely N-dealkylation sites (tertiary alicyclic amines) is 1. The number of piperazine rings is 2. The van der Waals surface area contributed by atoms with Gasteiger partial charge in [0.05, 0.1) is 93.7 Å². The number of ether oxygens (including phenoxy) is 3. The first-order valence-corrected chi connectivity index (χ1v) is 60.2. The van der Waals surface area contributed by atoms with E-state index in [0.717, 1.165) is 127 Å². The molecule has 135 heavy (non-hydrogen) atoms. The molecule has 6 aliphatic carbocycles. The number of sulfone groups is 3. The first kappa shape index (κ1) is 111. The van der Waals surface area contributed by atoms with E-state index in [4.69, 9.17) is 15.6 Å². The average Bonchev–Trinajstić information content (AvgIpc) is 1.63. The molecule has 6 aromatic carbocycles. The number of nitrogens with zero attached hydrogens (tertiary/aromatic N) is 7. The topological polar surface area (TPSA) is 331 Å². The van der Waals surface area contributed by atoms with Crippen LogP contribution in [0.25, 0.3) is 0 Å². The molecule has 4 atom stereocenters. The van der Waals surface area contributed by atoms with Gasteiger partial charge < -0.3 is 45.8 Å². The van der Waals surface area contributed by atoms with Crippen LogP contribution in [0.15, 0.2) is 174 Å². The summed E-state index contributed by atoms with van der Waals surface area (Å²) in [5, 5.41) is 29.7. The number of aliphatic carboxylic acids is 1. The van der Waals surface area contributed by atoms with Crippen molar-refractivity contribution in [3.63, 3.8) is 0 Å². The molecule has 23 nitrogen and oxygen atoms in total. The number of hydrogen-bond donors (Lipinski definition) is 3. The molecule has 4 aliphatic heterocycles. The number of benzene rings is 6. The van der Waals surface area contributed by atoms with Crippen LogP contribution in [0, 0.1) is 67.6 Å². The number of thioether (sulfide) groups is 1. The maximum atomic E-state index is 14.3. The van der Waals surface area contributed by atoms with Crippen LogP contribution in [-0.2, 0) is 84.0 Å². The second kappa shape index (κ2) is 54.3. The number of methoxy groups -OCH3 is 3. The van der Waals surface area contributed by atoms with Crippen molar-refractivity contribution in [1.29, 1.82) is 10.5 Å². The summed E-state index contributed by atoms with van der Waals surface area (Å²) in [6, 6.07) is 40.4. The predicted molar refractivity (Wildman–Crippen MR) is 522 cm³/mol. The van der Waals surface area contributed by atoms with E-state index in [0.29, 0.717) is 76.1 Å². The first-order valence-electron chi connectivity index (χ1n) is 44.0. The van der Waals surface area contributed by atoms with Gasteiger partial charge >= 0.3 is 53.8 Å². The van der Waals surface area contributed by atoms with Crippen molar-refractivity contribution in [1.82, 2.24) is 20.2 Å². The van der Waals surface area contributed by atoms with E-state index in [1.165, 1.54) is 148 Å². The molecule has 722 valence electrons. The number of pyridine rings is 2. The van der Waals surface area contributed by atoms with Crippen LogP contribution >= 0.6 is 92.5 Å². The van der Waals surface area contributed by atoms with Gasteiger partial charge in [-0.05, 0) is 255 Å². The Kier molecular flexibility index (Phi) is 44.7. The second-order valence-electron chi connectivity index (χ2n) is 33.0. The van der Waals surface area contributed by atoms with Crippen LogP contribution in [0.2, 0.25) is 0 Å². The van der Waals surface area contributed by atoms with Crippen molar-refractivity contribution in [2.45, 2.75) is 208 Å². The summed E-state index contributed by atoms with van der Waals surface area (Å²) in [6.45, 7) is 3.14. The Bertz CT molecular complexity index is 5760. The molecule has 10 fully saturated rings. The zero-order valence-electron chi connectivity index (χ0n) is 74.7. The molecule has 4 saturated heterocycles. The monoisotopic (exact) mass is 2310 g/mol. The van der Waals surface area contributed by atoms with Gasteiger partial charge in [0, 0.05) is 122 Å². The maximum absolute atomic E-state index is 14.3. The van der Waals surface area contributed by atoms with Gasteiger partial charge in [0.15, 0.2) is 29.5 Å². The molecular weight excluding hydrogens is 2210 g/mol. The van der Waals surface area contributed by atoms with Crippen molar-refractivity contribution < 1.29 is 111 Å². The number of hydrogen-bond acceptors (Lipinski definition) is 23. The number of carboxylic acids is 1. The number of thiol groups is 1. The summed E-state index contributed by atoms with van der Waals surface area (Å²) in [5.74, 6) is -1.59. The molecule has 6 heterocycles. The normalized spacial score (nSPS) is 17.9. The van der Waals surface area contributed by atoms with Gasteiger partial charge in [-0.1, -0.05) is 52.3 Å². The van der Waals surface area contributed by atoms with E-state index in [-0.39, 0.29) is 121 Å². The van der Waals surface area contributed by atoms with Gasteiger partial charge in [-0.15, -0.1) is 11.8 Å². The standard InChI is InChI=1S/C24H25FN4O3S.C13H15FO4S.C13H15FO2S.C12H13FO4S.C12H14N4.C9H8BrF.C6H3BrFI.C4H8O2S.C3H5.BrH.Zn/c25-20-2-1-3-21(24(20)17-5-6-17)33(31,32)11-10-23(30)28-14-18-7-8-19(15-28)29(18)22-9-4-16(12-26)13-27-22;1-18-12(15)7-8-19(16,17)11-4-2-3-10(14)13(11)9-5-6-9;1-16-12(15)7-8-17-11-4-2-3-10(14)13(11)9-5-6-9;13-9-2-1-3-10(12(9)8-4-5-8)18(16,17)7-6-11(14)15;13-5-9-1-4-12(15-6-9)16-10-2-3-11(16)8-14-7-10;10-7-2-1-3-8(11)9(7)6-4-5-6;7-4-2-1-3-5(8)6(4)9;1-6-4(5)2-3-7;1-2-3-1;;/h1-4,9,13,17-19H,5-8,10-11,14-15H2;2-4,9H,5-8H2,1H3;2-4,9H,5-8H2,1H3;1-3,8H,4-7H2,(H,14,15);1,4,6,10-11,14H,2-3,7-8H2;1-3,6H,4-5H2;1-3H;7H,2-3H2,1H3;1H,2-3H2;1H;/q;;;;;;;;-1;;+2/p-1. The minimum absolute atomic E-state index is 0.0101. The van der Waals surface area contributed by atoms with Crippen LogP contribution in [0.5, 0.6) is 0 Å². The number of carboxylic acid groups (broad SMARTS) is 1. The third-order valence-electron chi connectivity index (χ3n) is 23.0. The van der Waals surface area contributed by atoms with Crippen LogP contribution < -0.4 is 15.1 Å². The molecule has 6 saturated carbocycles. The third kappa shape index (κ3) is 34.1. The fourth-order valence-corrected chi connectivity index (χ4v) is 22.7. The minimum atomic E-state index is -3.76. The summed E-state index contributed by atoms with van der Waals surface area (Å²) in [6.07, 6.45) is 21.7. The molecule has 4 unspecified atom stereocenters. The van der Waals surface area contributed by atoms with Crippen LogP contribution in [0.1, 0.15) is 203 Å². The van der Waals surface area contributed by atoms with E-state index in [1.54, 1.807) is 41.6 Å². The van der Waals surface area contributed by atoms with Crippen molar-refractivity contribution in [3.05, 3.63) is 239 Å². The van der Waals surface area contributed by atoms with Crippen molar-refractivity contribution in [3.8, 4) is 12.1 Å². The Hall–Kier alpha value is -7.57. The fourth-order valence-electron chi connectivity index (χ4n) is 15.5. The van der Waals surface area contributed by atoms with Gasteiger partial charge in [0.25, 0.3) is 0 Å². The molecule has 8 aromatic rings. The molecule has 1 amide bonds. The number of carbonyl (C=O) groups is 5. The van der Waals surface area contributed by atoms with Crippen LogP contribution in [-0.4, -0.2) is 175 Å². The zero-order chi connectivity index (χ0) is 98.3. The third-order valence-corrected chi connectivity index (χ3v) is 32.8. The van der Waals surface area contributed by atoms with Gasteiger partial charge in [-0.3, -0.25) is 24.0 Å². The van der Waals surface area contributed by atoms with Crippen molar-refractivity contribution >= 4 is 163 Å². The molecule has 2 aromatic heterocycles. The molecule has 4 bridgehead atoms. The molecule has 39 heteroatoms. The second-order valence-corrected chi connectivity index (χ2v) is 43.6. The van der Waals surface area contributed by atoms with E-state index in [2.05, 4.69) is 116 Å². The molecular formula is C96H106Br3F6IN8O15S5Zn. The molecule has 0 spiro atoms. The SMILES string of the molecule is COC(=O)CCS.COC(=O)CCS(=O)(=O)c1cccc(F)c1C1CC1.COC(=O)CCSc1cccc(F)c1C1CC1.Fc1cccc(Br)c1C1CC1.Fc1cccc(Br)c1I.N#Cc1ccc(N2C3CCC2CN(C(=O)CCS(=O)(=O)c2cccc(F)c2C2CC2)C3)nc1.N#Cc1ccc(N2C3CCC2CNC3)nc1.O=C(O)CCS(=O)(=O)c1cccc(F)c1C1CC1.[CH-]1CC1.[Zn+][Br]. The fraction of sp³-hybridized carbons (Fsp3) is 0.438. The van der Waals surface area contributed by atoms with Crippen molar-refractivity contribution in [2.75, 3.05) is 86.1 Å². The van der Waals surface area contributed by atoms with E-state index >= 15 is 0 Å². The van der Waals surface area contributed by atoms with Gasteiger partial charge in [0.2, 0.25) is 5.91 Å². The quantitative estimate of drug-likeness (QED) is 0.00551. The summed E-state index contributed by atoms with van der Waals surface area (Å²) in [5.41, 5.74) is 3.62. The Morgan fingerprint density at radius 1 is 0.489 bits per heavy atom. The number of fused-ring (bicyclic) bond motifs is 4. The zero-order valence-corrected chi connectivity index (χ0v) is 88.7. The predicted octanol–water partition coefficient (Wildman–Crippen LogP) is 20.2. The Morgan fingerprint density at radius 2 is 0.837 bits per heavy atom. The number of aromatic nitrogens is 2. The number of amides is 1. The summed E-state index contributed by atoms with van der Waals surface area (Å²) >= 11 is 18.1. The van der Waals surface area contributed by atoms with E-state index in [9.17, 15) is 75.6 Å². The number of esters is 3. The molecule has 10 aliphatic rings.